The van der Waals surface area contributed by atoms with Crippen LogP contribution in [0.5, 0.6) is 0 Å². The van der Waals surface area contributed by atoms with E-state index in [1.807, 2.05) is 54.6 Å². The standard InChI is InChI=1S/C20H20O4/c21-13-17-12-18(22)19(23)20(24-17)16-8-4-7-15(11-16)10-9-14-5-2-1-3-6-14/h1-8,11,17-23H,12-13H2. The van der Waals surface area contributed by atoms with Crippen LogP contribution in [0.15, 0.2) is 54.6 Å². The molecule has 1 saturated heterocycles. The Kier molecular flexibility index (Phi) is 5.29. The van der Waals surface area contributed by atoms with Crippen LogP contribution in [0, 0.1) is 11.8 Å². The molecule has 0 aromatic heterocycles. The fraction of sp³-hybridized carbons (Fsp3) is 0.300. The van der Waals surface area contributed by atoms with Gasteiger partial charge >= 0.3 is 0 Å². The van der Waals surface area contributed by atoms with E-state index in [0.29, 0.717) is 0 Å². The molecule has 0 saturated carbocycles. The number of ether oxygens (including phenoxy) is 1. The maximum Gasteiger partial charge on any atom is 0.111 e. The molecule has 4 heteroatoms. The smallest absolute Gasteiger partial charge is 0.111 e. The van der Waals surface area contributed by atoms with Gasteiger partial charge in [-0.05, 0) is 29.8 Å². The third-order valence-corrected chi connectivity index (χ3v) is 4.09. The summed E-state index contributed by atoms with van der Waals surface area (Å²) < 4.78 is 5.71. The molecule has 124 valence electrons. The van der Waals surface area contributed by atoms with E-state index in [2.05, 4.69) is 11.8 Å². The van der Waals surface area contributed by atoms with Crippen LogP contribution < -0.4 is 0 Å². The van der Waals surface area contributed by atoms with Gasteiger partial charge in [0.2, 0.25) is 0 Å². The Morgan fingerprint density at radius 3 is 2.42 bits per heavy atom. The maximum atomic E-state index is 10.2. The highest BCUT2D eigenvalue weighted by atomic mass is 16.5. The zero-order valence-electron chi connectivity index (χ0n) is 13.2. The van der Waals surface area contributed by atoms with Crippen molar-refractivity contribution in [1.29, 1.82) is 0 Å². The van der Waals surface area contributed by atoms with Crippen LogP contribution in [0.4, 0.5) is 0 Å². The van der Waals surface area contributed by atoms with Crippen LogP contribution in [0.1, 0.15) is 29.2 Å². The van der Waals surface area contributed by atoms with Gasteiger partial charge in [0.05, 0.1) is 18.8 Å². The third-order valence-electron chi connectivity index (χ3n) is 4.09. The summed E-state index contributed by atoms with van der Waals surface area (Å²) in [4.78, 5) is 0. The highest BCUT2D eigenvalue weighted by Crippen LogP contribution is 2.32. The van der Waals surface area contributed by atoms with Crippen molar-refractivity contribution >= 4 is 0 Å². The lowest BCUT2D eigenvalue weighted by atomic mass is 9.92. The lowest BCUT2D eigenvalue weighted by molar-refractivity contribution is -0.179. The van der Waals surface area contributed by atoms with Gasteiger partial charge in [-0.15, -0.1) is 0 Å². The summed E-state index contributed by atoms with van der Waals surface area (Å²) in [6.07, 6.45) is -2.87. The second-order valence-corrected chi connectivity index (χ2v) is 5.90. The molecule has 0 bridgehead atoms. The van der Waals surface area contributed by atoms with Crippen LogP contribution in [0.25, 0.3) is 0 Å². The van der Waals surface area contributed by atoms with E-state index in [1.165, 1.54) is 0 Å². The second-order valence-electron chi connectivity index (χ2n) is 5.90. The average Bonchev–Trinajstić information content (AvgIpc) is 2.63. The third kappa shape index (κ3) is 3.84. The molecule has 4 atom stereocenters. The predicted octanol–water partition coefficient (Wildman–Crippen LogP) is 1.63. The molecule has 1 aliphatic heterocycles. The number of rotatable bonds is 2. The van der Waals surface area contributed by atoms with E-state index >= 15 is 0 Å². The highest BCUT2D eigenvalue weighted by Gasteiger charge is 2.37. The van der Waals surface area contributed by atoms with Crippen LogP contribution in [-0.2, 0) is 4.74 Å². The van der Waals surface area contributed by atoms with Gasteiger partial charge < -0.3 is 20.1 Å². The Hall–Kier alpha value is -2.16. The van der Waals surface area contributed by atoms with E-state index in [-0.39, 0.29) is 13.0 Å². The monoisotopic (exact) mass is 324 g/mol. The van der Waals surface area contributed by atoms with Crippen molar-refractivity contribution in [3.8, 4) is 11.8 Å². The molecule has 0 amide bonds. The number of hydrogen-bond donors (Lipinski definition) is 3. The van der Waals surface area contributed by atoms with E-state index in [9.17, 15) is 15.3 Å². The van der Waals surface area contributed by atoms with Gasteiger partial charge in [-0.1, -0.05) is 42.2 Å². The van der Waals surface area contributed by atoms with Crippen molar-refractivity contribution in [2.24, 2.45) is 0 Å². The predicted molar refractivity (Wildman–Crippen MR) is 90.2 cm³/mol. The number of aliphatic hydroxyl groups is 3. The van der Waals surface area contributed by atoms with Gasteiger partial charge in [0, 0.05) is 17.5 Å². The van der Waals surface area contributed by atoms with E-state index in [4.69, 9.17) is 4.74 Å². The summed E-state index contributed by atoms with van der Waals surface area (Å²) in [6, 6.07) is 17.1. The van der Waals surface area contributed by atoms with E-state index in [0.717, 1.165) is 16.7 Å². The zero-order valence-corrected chi connectivity index (χ0v) is 13.2. The summed E-state index contributed by atoms with van der Waals surface area (Å²) in [5, 5.41) is 29.5. The second kappa shape index (κ2) is 7.61. The van der Waals surface area contributed by atoms with Crippen molar-refractivity contribution in [2.75, 3.05) is 6.61 Å². The Morgan fingerprint density at radius 2 is 1.67 bits per heavy atom. The highest BCUT2D eigenvalue weighted by molar-refractivity contribution is 5.44. The normalized spacial score (nSPS) is 26.5. The lowest BCUT2D eigenvalue weighted by Gasteiger charge is -2.36. The van der Waals surface area contributed by atoms with Crippen molar-refractivity contribution in [3.05, 3.63) is 71.3 Å². The largest absolute Gasteiger partial charge is 0.394 e. The first-order valence-electron chi connectivity index (χ1n) is 7.97. The lowest BCUT2D eigenvalue weighted by Crippen LogP contribution is -2.44. The Labute approximate surface area is 141 Å². The number of hydrogen-bond acceptors (Lipinski definition) is 4. The first kappa shape index (κ1) is 16.7. The summed E-state index contributed by atoms with van der Waals surface area (Å²) in [7, 11) is 0. The molecule has 3 rings (SSSR count). The fourth-order valence-electron chi connectivity index (χ4n) is 2.81. The Morgan fingerprint density at radius 1 is 0.958 bits per heavy atom. The molecule has 1 aliphatic rings. The Balaban J connectivity index is 1.83. The summed E-state index contributed by atoms with van der Waals surface area (Å²) in [6.45, 7) is -0.187. The molecule has 4 nitrogen and oxygen atoms in total. The molecular formula is C20H20O4. The molecule has 0 radical (unpaired) electrons. The van der Waals surface area contributed by atoms with Gasteiger partial charge in [-0.3, -0.25) is 0 Å². The van der Waals surface area contributed by atoms with E-state index in [1.54, 1.807) is 0 Å². The van der Waals surface area contributed by atoms with Gasteiger partial charge in [0.1, 0.15) is 12.2 Å². The number of benzene rings is 2. The van der Waals surface area contributed by atoms with Crippen molar-refractivity contribution < 1.29 is 20.1 Å². The first-order chi connectivity index (χ1) is 11.7. The SMILES string of the molecule is OCC1CC(O)C(O)C(c2cccc(C#Cc3ccccc3)c2)O1. The minimum atomic E-state index is -1.02. The molecule has 2 aromatic carbocycles. The average molecular weight is 324 g/mol. The molecule has 2 aromatic rings. The van der Waals surface area contributed by atoms with Crippen molar-refractivity contribution in [3.63, 3.8) is 0 Å². The molecular weight excluding hydrogens is 304 g/mol. The zero-order chi connectivity index (χ0) is 16.9. The summed E-state index contributed by atoms with van der Waals surface area (Å²) in [5.41, 5.74) is 2.46. The minimum absolute atomic E-state index is 0.187. The molecule has 24 heavy (non-hydrogen) atoms. The van der Waals surface area contributed by atoms with Crippen molar-refractivity contribution in [1.82, 2.24) is 0 Å². The topological polar surface area (TPSA) is 69.9 Å². The first-order valence-corrected chi connectivity index (χ1v) is 7.97. The summed E-state index contributed by atoms with van der Waals surface area (Å²) in [5.74, 6) is 6.18. The Bertz CT molecular complexity index is 732. The van der Waals surface area contributed by atoms with E-state index < -0.39 is 24.4 Å². The van der Waals surface area contributed by atoms with Crippen molar-refractivity contribution in [2.45, 2.75) is 30.8 Å². The molecule has 1 heterocycles. The number of aliphatic hydroxyl groups excluding tert-OH is 3. The molecule has 0 spiro atoms. The van der Waals surface area contributed by atoms with Gasteiger partial charge in [0.25, 0.3) is 0 Å². The summed E-state index contributed by atoms with van der Waals surface area (Å²) >= 11 is 0. The van der Waals surface area contributed by atoms with Gasteiger partial charge in [0.15, 0.2) is 0 Å². The molecule has 1 fully saturated rings. The quantitative estimate of drug-likeness (QED) is 0.735. The van der Waals surface area contributed by atoms with Crippen LogP contribution in [-0.4, -0.2) is 40.2 Å². The van der Waals surface area contributed by atoms with Crippen LogP contribution >= 0.6 is 0 Å². The van der Waals surface area contributed by atoms with Crippen LogP contribution in [0.2, 0.25) is 0 Å². The fourth-order valence-corrected chi connectivity index (χ4v) is 2.81. The molecule has 4 unspecified atom stereocenters. The van der Waals surface area contributed by atoms with Crippen LogP contribution in [0.3, 0.4) is 0 Å². The maximum absolute atomic E-state index is 10.2. The minimum Gasteiger partial charge on any atom is -0.394 e. The van der Waals surface area contributed by atoms with Gasteiger partial charge in [-0.2, -0.15) is 0 Å². The molecule has 3 N–H and O–H groups in total. The molecule has 0 aliphatic carbocycles. The van der Waals surface area contributed by atoms with Gasteiger partial charge in [-0.25, -0.2) is 0 Å².